The molecule has 0 radical (unpaired) electrons. The first-order valence-electron chi connectivity index (χ1n) is 20.2. The number of hydrogen-bond donors (Lipinski definition) is 1. The maximum absolute atomic E-state index is 12.2. The summed E-state index contributed by atoms with van der Waals surface area (Å²) in [6, 6.07) is 16.5. The van der Waals surface area contributed by atoms with E-state index in [1.807, 2.05) is 24.3 Å². The van der Waals surface area contributed by atoms with Gasteiger partial charge in [-0.25, -0.2) is 4.79 Å². The molecule has 1 aliphatic rings. The van der Waals surface area contributed by atoms with Gasteiger partial charge in [0.15, 0.2) is 0 Å². The minimum Gasteiger partial charge on any atom is -0.449 e. The molecule has 56 heavy (non-hydrogen) atoms. The molecule has 0 bridgehead atoms. The van der Waals surface area contributed by atoms with Crippen molar-refractivity contribution in [2.45, 2.75) is 32.1 Å². The summed E-state index contributed by atoms with van der Waals surface area (Å²) in [5.41, 5.74) is 4.78. The highest BCUT2D eigenvalue weighted by Gasteiger charge is 2.28. The van der Waals surface area contributed by atoms with Crippen LogP contribution in [-0.4, -0.2) is 165 Å². The number of hydrogen-bond acceptors (Lipinski definition) is 13. The SMILES string of the molecule is CCCCCOCCOCCOCCOCCOCCOCCOCCOCCOCCOCCOCCNC(=O)OCC1c2ccccc2-c2ccccc21. The molecule has 0 spiro atoms. The van der Waals surface area contributed by atoms with Crippen molar-refractivity contribution in [2.75, 3.05) is 159 Å². The molecule has 318 valence electrons. The topological polar surface area (TPSA) is 140 Å². The van der Waals surface area contributed by atoms with Crippen LogP contribution in [0.15, 0.2) is 48.5 Å². The molecule has 0 aliphatic heterocycles. The highest BCUT2D eigenvalue weighted by molar-refractivity contribution is 5.79. The highest BCUT2D eigenvalue weighted by atomic mass is 16.6. The Morgan fingerprint density at radius 2 is 0.768 bits per heavy atom. The summed E-state index contributed by atoms with van der Waals surface area (Å²) in [4.78, 5) is 12.2. The fourth-order valence-electron chi connectivity index (χ4n) is 5.63. The van der Waals surface area contributed by atoms with Crippen LogP contribution in [0.1, 0.15) is 43.2 Å². The van der Waals surface area contributed by atoms with E-state index in [1.165, 1.54) is 35.1 Å². The Hall–Kier alpha value is -2.73. The standard InChI is InChI=1S/C42H67NO13/c1-2-3-8-14-45-16-18-47-20-22-49-24-26-51-28-30-53-32-34-55-35-33-54-31-29-52-27-25-50-23-21-48-19-17-46-15-13-43-42(44)56-36-41-39-11-6-4-9-37(39)38-10-5-7-12-40(38)41/h4-7,9-12,41H,2-3,8,13-36H2,1H3,(H,43,44). The summed E-state index contributed by atoms with van der Waals surface area (Å²) in [5.74, 6) is 0.0372. The number of unbranched alkanes of at least 4 members (excludes halogenated alkanes) is 2. The van der Waals surface area contributed by atoms with Gasteiger partial charge in [0.25, 0.3) is 0 Å². The molecule has 0 fully saturated rings. The molecule has 2 aromatic carbocycles. The highest BCUT2D eigenvalue weighted by Crippen LogP contribution is 2.44. The summed E-state index contributed by atoms with van der Waals surface area (Å²) in [5, 5.41) is 2.75. The van der Waals surface area contributed by atoms with Gasteiger partial charge in [-0.1, -0.05) is 68.3 Å². The van der Waals surface area contributed by atoms with E-state index in [0.717, 1.165) is 13.0 Å². The number of carbonyl (C=O) groups excluding carboxylic acids is 1. The third-order valence-corrected chi connectivity index (χ3v) is 8.47. The molecule has 0 atom stereocenters. The smallest absolute Gasteiger partial charge is 0.407 e. The van der Waals surface area contributed by atoms with Crippen molar-refractivity contribution in [3.8, 4) is 11.1 Å². The van der Waals surface area contributed by atoms with Gasteiger partial charge >= 0.3 is 6.09 Å². The lowest BCUT2D eigenvalue weighted by molar-refractivity contribution is -0.0275. The second-order valence-electron chi connectivity index (χ2n) is 12.7. The lowest BCUT2D eigenvalue weighted by Crippen LogP contribution is -2.29. The Morgan fingerprint density at radius 3 is 1.12 bits per heavy atom. The number of alkyl carbamates (subject to hydrolysis) is 1. The molecular weight excluding hydrogens is 726 g/mol. The quantitative estimate of drug-likeness (QED) is 0.0920. The van der Waals surface area contributed by atoms with Crippen LogP contribution >= 0.6 is 0 Å². The Balaban J connectivity index is 0.936. The zero-order valence-electron chi connectivity index (χ0n) is 33.6. The zero-order valence-corrected chi connectivity index (χ0v) is 33.6. The van der Waals surface area contributed by atoms with Crippen molar-refractivity contribution >= 4 is 6.09 Å². The van der Waals surface area contributed by atoms with E-state index in [-0.39, 0.29) is 12.5 Å². The molecule has 0 unspecified atom stereocenters. The summed E-state index contributed by atoms with van der Waals surface area (Å²) >= 11 is 0. The third-order valence-electron chi connectivity index (χ3n) is 8.47. The normalized spacial score (nSPS) is 12.2. The molecule has 1 amide bonds. The van der Waals surface area contributed by atoms with E-state index in [0.29, 0.717) is 145 Å². The maximum atomic E-state index is 12.2. The molecule has 2 aromatic rings. The van der Waals surface area contributed by atoms with Crippen LogP contribution in [0.5, 0.6) is 0 Å². The fraction of sp³-hybridized carbons (Fsp3) is 0.690. The zero-order chi connectivity index (χ0) is 39.4. The van der Waals surface area contributed by atoms with Crippen LogP contribution in [0.25, 0.3) is 11.1 Å². The molecule has 1 aliphatic carbocycles. The summed E-state index contributed by atoms with van der Waals surface area (Å²) in [6.45, 7) is 14.2. The number of fused-ring (bicyclic) bond motifs is 3. The summed E-state index contributed by atoms with van der Waals surface area (Å²) in [7, 11) is 0. The van der Waals surface area contributed by atoms with Crippen molar-refractivity contribution in [3.63, 3.8) is 0 Å². The Bertz CT molecular complexity index is 1180. The number of ether oxygens (including phenoxy) is 12. The van der Waals surface area contributed by atoms with Crippen LogP contribution in [0.4, 0.5) is 4.79 Å². The number of carbonyl (C=O) groups is 1. The average molecular weight is 794 g/mol. The lowest BCUT2D eigenvalue weighted by atomic mass is 9.98. The van der Waals surface area contributed by atoms with Gasteiger partial charge < -0.3 is 62.2 Å². The van der Waals surface area contributed by atoms with Crippen molar-refractivity contribution in [1.29, 1.82) is 0 Å². The minimum absolute atomic E-state index is 0.0372. The Morgan fingerprint density at radius 1 is 0.446 bits per heavy atom. The van der Waals surface area contributed by atoms with Crippen molar-refractivity contribution < 1.29 is 61.6 Å². The second kappa shape index (κ2) is 34.3. The second-order valence-corrected chi connectivity index (χ2v) is 12.7. The average Bonchev–Trinajstić information content (AvgIpc) is 3.54. The minimum atomic E-state index is -0.451. The van der Waals surface area contributed by atoms with Gasteiger partial charge in [-0.3, -0.25) is 0 Å². The molecule has 14 heteroatoms. The Labute approximate surface area is 334 Å². The van der Waals surface area contributed by atoms with E-state index in [4.69, 9.17) is 56.8 Å². The van der Waals surface area contributed by atoms with Gasteiger partial charge in [0.1, 0.15) is 6.61 Å². The van der Waals surface area contributed by atoms with E-state index < -0.39 is 6.09 Å². The first kappa shape index (κ1) is 47.6. The predicted octanol–water partition coefficient (Wildman–Crippen LogP) is 4.90. The van der Waals surface area contributed by atoms with Crippen molar-refractivity contribution in [3.05, 3.63) is 59.7 Å². The van der Waals surface area contributed by atoms with Gasteiger partial charge in [-0.2, -0.15) is 0 Å². The van der Waals surface area contributed by atoms with Gasteiger partial charge in [0, 0.05) is 19.1 Å². The number of benzene rings is 2. The number of rotatable bonds is 39. The van der Waals surface area contributed by atoms with Gasteiger partial charge in [-0.15, -0.1) is 0 Å². The molecule has 0 heterocycles. The third kappa shape index (κ3) is 22.9. The summed E-state index contributed by atoms with van der Waals surface area (Å²) < 4.78 is 66.1. The van der Waals surface area contributed by atoms with E-state index in [1.54, 1.807) is 0 Å². The van der Waals surface area contributed by atoms with Gasteiger partial charge in [0.05, 0.1) is 139 Å². The van der Waals surface area contributed by atoms with Crippen LogP contribution in [0, 0.1) is 0 Å². The predicted molar refractivity (Wildman–Crippen MR) is 212 cm³/mol. The van der Waals surface area contributed by atoms with Gasteiger partial charge in [0.2, 0.25) is 0 Å². The Kier molecular flexibility index (Phi) is 29.2. The van der Waals surface area contributed by atoms with Crippen LogP contribution in [0.2, 0.25) is 0 Å². The molecular formula is C42H67NO13. The van der Waals surface area contributed by atoms with Crippen molar-refractivity contribution in [1.82, 2.24) is 5.32 Å². The molecule has 14 nitrogen and oxygen atoms in total. The monoisotopic (exact) mass is 793 g/mol. The first-order valence-corrected chi connectivity index (χ1v) is 20.2. The van der Waals surface area contributed by atoms with E-state index in [9.17, 15) is 4.79 Å². The number of amides is 1. The number of nitrogens with one attached hydrogen (secondary N) is 1. The molecule has 0 saturated carbocycles. The molecule has 0 aromatic heterocycles. The van der Waals surface area contributed by atoms with Gasteiger partial charge in [-0.05, 0) is 28.7 Å². The van der Waals surface area contributed by atoms with E-state index in [2.05, 4.69) is 36.5 Å². The first-order chi connectivity index (χ1) is 27.8. The van der Waals surface area contributed by atoms with Crippen LogP contribution < -0.4 is 5.32 Å². The van der Waals surface area contributed by atoms with Crippen LogP contribution in [-0.2, 0) is 56.8 Å². The van der Waals surface area contributed by atoms with Crippen molar-refractivity contribution in [2.24, 2.45) is 0 Å². The fourth-order valence-corrected chi connectivity index (χ4v) is 5.63. The largest absolute Gasteiger partial charge is 0.449 e. The lowest BCUT2D eigenvalue weighted by Gasteiger charge is -2.14. The molecule has 3 rings (SSSR count). The van der Waals surface area contributed by atoms with E-state index >= 15 is 0 Å². The maximum Gasteiger partial charge on any atom is 0.407 e. The van der Waals surface area contributed by atoms with Crippen LogP contribution in [0.3, 0.4) is 0 Å². The molecule has 0 saturated heterocycles. The molecule has 1 N–H and O–H groups in total. The summed E-state index contributed by atoms with van der Waals surface area (Å²) in [6.07, 6.45) is 3.08.